The largest absolute Gasteiger partial charge is 0.480 e. The number of amides is 3. The Balaban J connectivity index is 2.23. The number of hydrogen-bond donors (Lipinski definition) is 3. The molecular formula is C12H21N3O4. The maximum Gasteiger partial charge on any atom is 0.328 e. The van der Waals surface area contributed by atoms with Gasteiger partial charge in [-0.1, -0.05) is 0 Å². The van der Waals surface area contributed by atoms with Crippen LogP contribution in [0.4, 0.5) is 4.79 Å². The molecule has 0 unspecified atom stereocenters. The van der Waals surface area contributed by atoms with Crippen molar-refractivity contribution in [3.05, 3.63) is 0 Å². The fraction of sp³-hybridized carbons (Fsp3) is 0.750. The Bertz CT molecular complexity index is 362. The van der Waals surface area contributed by atoms with Gasteiger partial charge in [0, 0.05) is 26.1 Å². The van der Waals surface area contributed by atoms with Crippen molar-refractivity contribution in [1.82, 2.24) is 15.5 Å². The molecule has 0 aromatic rings. The van der Waals surface area contributed by atoms with Crippen LogP contribution in [0.1, 0.15) is 33.1 Å². The van der Waals surface area contributed by atoms with Crippen LogP contribution >= 0.6 is 0 Å². The molecule has 0 saturated carbocycles. The van der Waals surface area contributed by atoms with Gasteiger partial charge in [-0.25, -0.2) is 9.59 Å². The van der Waals surface area contributed by atoms with Gasteiger partial charge in [0.15, 0.2) is 0 Å². The minimum atomic E-state index is -1.33. The summed E-state index contributed by atoms with van der Waals surface area (Å²) in [6.45, 7) is 4.57. The highest BCUT2D eigenvalue weighted by molar-refractivity contribution is 5.85. The number of hydrogen-bond acceptors (Lipinski definition) is 3. The van der Waals surface area contributed by atoms with Gasteiger partial charge in [-0.15, -0.1) is 0 Å². The molecule has 1 fully saturated rings. The summed E-state index contributed by atoms with van der Waals surface area (Å²) in [5.41, 5.74) is -1.33. The van der Waals surface area contributed by atoms with E-state index in [4.69, 9.17) is 5.11 Å². The number of urea groups is 1. The Morgan fingerprint density at radius 1 is 1.21 bits per heavy atom. The zero-order chi connectivity index (χ0) is 14.5. The first-order valence-electron chi connectivity index (χ1n) is 6.40. The number of likely N-dealkylation sites (tertiary alicyclic amines) is 1. The molecule has 108 valence electrons. The molecule has 0 aliphatic carbocycles. The molecule has 1 rings (SSSR count). The number of carbonyl (C=O) groups excluding carboxylic acids is 2. The molecule has 1 aliphatic rings. The number of rotatable bonds is 5. The molecule has 3 amide bonds. The second kappa shape index (κ2) is 6.40. The quantitative estimate of drug-likeness (QED) is 0.663. The Kier molecular flexibility index (Phi) is 5.14. The molecule has 1 heterocycles. The molecule has 19 heavy (non-hydrogen) atoms. The molecular weight excluding hydrogens is 250 g/mol. The van der Waals surface area contributed by atoms with Gasteiger partial charge in [0.2, 0.25) is 5.91 Å². The van der Waals surface area contributed by atoms with Crippen LogP contribution in [0.15, 0.2) is 0 Å². The van der Waals surface area contributed by atoms with E-state index in [0.29, 0.717) is 0 Å². The normalized spacial score (nSPS) is 15.2. The van der Waals surface area contributed by atoms with Gasteiger partial charge in [0.1, 0.15) is 5.54 Å². The highest BCUT2D eigenvalue weighted by Crippen LogP contribution is 2.08. The van der Waals surface area contributed by atoms with Crippen molar-refractivity contribution in [3.63, 3.8) is 0 Å². The van der Waals surface area contributed by atoms with Crippen LogP contribution in [0, 0.1) is 0 Å². The van der Waals surface area contributed by atoms with Crippen LogP contribution in [0.2, 0.25) is 0 Å². The number of nitrogens with one attached hydrogen (secondary N) is 2. The van der Waals surface area contributed by atoms with Crippen molar-refractivity contribution >= 4 is 17.9 Å². The van der Waals surface area contributed by atoms with E-state index in [1.165, 1.54) is 13.8 Å². The lowest BCUT2D eigenvalue weighted by molar-refractivity contribution is -0.143. The van der Waals surface area contributed by atoms with Crippen molar-refractivity contribution in [1.29, 1.82) is 0 Å². The van der Waals surface area contributed by atoms with Crippen LogP contribution < -0.4 is 10.6 Å². The van der Waals surface area contributed by atoms with E-state index in [9.17, 15) is 14.4 Å². The molecule has 0 bridgehead atoms. The molecule has 0 spiro atoms. The Labute approximate surface area is 112 Å². The lowest BCUT2D eigenvalue weighted by Gasteiger charge is -2.21. The molecule has 3 N–H and O–H groups in total. The van der Waals surface area contributed by atoms with Crippen LogP contribution in [0.5, 0.6) is 0 Å². The topological polar surface area (TPSA) is 98.7 Å². The van der Waals surface area contributed by atoms with Gasteiger partial charge in [-0.05, 0) is 26.7 Å². The SMILES string of the molecule is CC(C)(NC(=O)NCCC(=O)N1CCCC1)C(=O)O. The molecule has 0 aromatic heterocycles. The molecule has 1 saturated heterocycles. The van der Waals surface area contributed by atoms with E-state index in [1.54, 1.807) is 4.90 Å². The number of carbonyl (C=O) groups is 3. The van der Waals surface area contributed by atoms with E-state index >= 15 is 0 Å². The summed E-state index contributed by atoms with van der Waals surface area (Å²) >= 11 is 0. The number of carboxylic acid groups (broad SMARTS) is 1. The maximum atomic E-state index is 11.7. The summed E-state index contributed by atoms with van der Waals surface area (Å²) in [5, 5.41) is 13.7. The van der Waals surface area contributed by atoms with Gasteiger partial charge >= 0.3 is 12.0 Å². The number of aliphatic carboxylic acids is 1. The first-order chi connectivity index (χ1) is 8.83. The second-order valence-corrected chi connectivity index (χ2v) is 5.15. The van der Waals surface area contributed by atoms with Crippen molar-refractivity contribution in [2.75, 3.05) is 19.6 Å². The third-order valence-electron chi connectivity index (χ3n) is 3.04. The predicted octanol–water partition coefficient (Wildman–Crippen LogP) is 0.161. The van der Waals surface area contributed by atoms with Crippen LogP contribution in [0.3, 0.4) is 0 Å². The lowest BCUT2D eigenvalue weighted by atomic mass is 10.1. The Hall–Kier alpha value is -1.79. The van der Waals surface area contributed by atoms with Crippen molar-refractivity contribution in [2.24, 2.45) is 0 Å². The van der Waals surface area contributed by atoms with E-state index in [1.807, 2.05) is 0 Å². The second-order valence-electron chi connectivity index (χ2n) is 5.15. The predicted molar refractivity (Wildman–Crippen MR) is 68.7 cm³/mol. The molecule has 1 aliphatic heterocycles. The number of carboxylic acids is 1. The van der Waals surface area contributed by atoms with Gasteiger partial charge in [-0.2, -0.15) is 0 Å². The highest BCUT2D eigenvalue weighted by Gasteiger charge is 2.28. The molecule has 7 nitrogen and oxygen atoms in total. The smallest absolute Gasteiger partial charge is 0.328 e. The lowest BCUT2D eigenvalue weighted by Crippen LogP contribution is -2.53. The van der Waals surface area contributed by atoms with Crippen molar-refractivity contribution < 1.29 is 19.5 Å². The zero-order valence-electron chi connectivity index (χ0n) is 11.4. The van der Waals surface area contributed by atoms with E-state index in [0.717, 1.165) is 25.9 Å². The minimum Gasteiger partial charge on any atom is -0.480 e. The first-order valence-corrected chi connectivity index (χ1v) is 6.40. The fourth-order valence-electron chi connectivity index (χ4n) is 1.79. The first kappa shape index (κ1) is 15.3. The zero-order valence-corrected chi connectivity index (χ0v) is 11.4. The van der Waals surface area contributed by atoms with Gasteiger partial charge < -0.3 is 20.6 Å². The van der Waals surface area contributed by atoms with Crippen molar-refractivity contribution in [2.45, 2.75) is 38.6 Å². The molecule has 0 radical (unpaired) electrons. The molecule has 0 aromatic carbocycles. The van der Waals surface area contributed by atoms with Crippen LogP contribution in [-0.2, 0) is 9.59 Å². The summed E-state index contributed by atoms with van der Waals surface area (Å²) in [5.74, 6) is -1.09. The molecule has 7 heteroatoms. The van der Waals surface area contributed by atoms with Crippen LogP contribution in [0.25, 0.3) is 0 Å². The standard InChI is InChI=1S/C12H21N3O4/c1-12(2,10(17)18)14-11(19)13-6-5-9(16)15-7-3-4-8-15/h3-8H2,1-2H3,(H,17,18)(H2,13,14,19). The fourth-order valence-corrected chi connectivity index (χ4v) is 1.79. The Morgan fingerprint density at radius 3 is 2.32 bits per heavy atom. The van der Waals surface area contributed by atoms with Crippen molar-refractivity contribution in [3.8, 4) is 0 Å². The summed E-state index contributed by atoms with van der Waals surface area (Å²) in [6.07, 6.45) is 2.31. The molecule has 0 atom stereocenters. The third-order valence-corrected chi connectivity index (χ3v) is 3.04. The third kappa shape index (κ3) is 4.76. The van der Waals surface area contributed by atoms with Gasteiger partial charge in [0.25, 0.3) is 0 Å². The van der Waals surface area contributed by atoms with E-state index in [-0.39, 0.29) is 18.9 Å². The Morgan fingerprint density at radius 2 is 1.79 bits per heavy atom. The maximum absolute atomic E-state index is 11.7. The average molecular weight is 271 g/mol. The van der Waals surface area contributed by atoms with Gasteiger partial charge in [0.05, 0.1) is 0 Å². The average Bonchev–Trinajstić information content (AvgIpc) is 2.81. The van der Waals surface area contributed by atoms with Gasteiger partial charge in [-0.3, -0.25) is 4.79 Å². The monoisotopic (exact) mass is 271 g/mol. The van der Waals surface area contributed by atoms with E-state index in [2.05, 4.69) is 10.6 Å². The van der Waals surface area contributed by atoms with E-state index < -0.39 is 17.5 Å². The highest BCUT2D eigenvalue weighted by atomic mass is 16.4. The summed E-state index contributed by atoms with van der Waals surface area (Å²) in [7, 11) is 0. The summed E-state index contributed by atoms with van der Waals surface area (Å²) < 4.78 is 0. The van der Waals surface area contributed by atoms with Crippen LogP contribution in [-0.4, -0.2) is 53.1 Å². The number of nitrogens with zero attached hydrogens (tertiary/aromatic N) is 1. The minimum absolute atomic E-state index is 0.0234. The summed E-state index contributed by atoms with van der Waals surface area (Å²) in [4.78, 5) is 35.7. The summed E-state index contributed by atoms with van der Waals surface area (Å²) in [6, 6.07) is -0.582.